The van der Waals surface area contributed by atoms with E-state index in [1.807, 2.05) is 7.05 Å². The van der Waals surface area contributed by atoms with Crippen molar-refractivity contribution >= 4 is 11.6 Å². The van der Waals surface area contributed by atoms with Gasteiger partial charge in [-0.3, -0.25) is 4.68 Å². The van der Waals surface area contributed by atoms with Crippen molar-refractivity contribution in [3.8, 4) is 5.75 Å². The molecule has 2 aromatic rings. The number of ether oxygens (including phenoxy) is 1. The Balaban J connectivity index is 2.10. The van der Waals surface area contributed by atoms with E-state index in [0.717, 1.165) is 13.0 Å². The first-order valence-electron chi connectivity index (χ1n) is 6.45. The van der Waals surface area contributed by atoms with Gasteiger partial charge in [-0.25, -0.2) is 15.0 Å². The molecule has 20 heavy (non-hydrogen) atoms. The average molecular weight is 277 g/mol. The summed E-state index contributed by atoms with van der Waals surface area (Å²) in [6, 6.07) is 0. The van der Waals surface area contributed by atoms with E-state index in [1.54, 1.807) is 18.1 Å². The van der Waals surface area contributed by atoms with E-state index in [4.69, 9.17) is 4.74 Å². The lowest BCUT2D eigenvalue weighted by Crippen LogP contribution is -2.09. The zero-order valence-corrected chi connectivity index (χ0v) is 11.9. The largest absolute Gasteiger partial charge is 0.490 e. The third kappa shape index (κ3) is 3.34. The monoisotopic (exact) mass is 277 g/mol. The molecule has 0 saturated carbocycles. The van der Waals surface area contributed by atoms with Crippen molar-refractivity contribution in [2.75, 3.05) is 24.3 Å². The molecule has 0 aromatic carbocycles. The van der Waals surface area contributed by atoms with Crippen molar-refractivity contribution in [2.24, 2.45) is 7.05 Å². The first-order valence-corrected chi connectivity index (χ1v) is 6.45. The van der Waals surface area contributed by atoms with Crippen LogP contribution in [0.1, 0.15) is 19.2 Å². The van der Waals surface area contributed by atoms with Gasteiger partial charge in [-0.1, -0.05) is 6.92 Å². The van der Waals surface area contributed by atoms with E-state index in [9.17, 15) is 0 Å². The highest BCUT2D eigenvalue weighted by molar-refractivity contribution is 5.63. The van der Waals surface area contributed by atoms with Gasteiger partial charge in [0.2, 0.25) is 5.75 Å². The number of nitrogens with zero attached hydrogens (tertiary/aromatic N) is 5. The standard InChI is InChI=1S/C12H19N7O/c1-4-5-13-11-10(20-3)12(16-7-15-11)14-6-9-17-8-19(2)18-9/h7-8H,4-6H2,1-3H3,(H2,13,14,15,16). The summed E-state index contributed by atoms with van der Waals surface area (Å²) in [6.45, 7) is 3.39. The minimum Gasteiger partial charge on any atom is -0.490 e. The zero-order chi connectivity index (χ0) is 14.4. The summed E-state index contributed by atoms with van der Waals surface area (Å²) in [5, 5.41) is 10.6. The van der Waals surface area contributed by atoms with E-state index < -0.39 is 0 Å². The number of anilines is 2. The maximum atomic E-state index is 5.37. The summed E-state index contributed by atoms with van der Waals surface area (Å²) in [6.07, 6.45) is 4.16. The molecule has 0 aliphatic carbocycles. The quantitative estimate of drug-likeness (QED) is 0.781. The third-order valence-electron chi connectivity index (χ3n) is 2.61. The average Bonchev–Trinajstić information content (AvgIpc) is 2.88. The fourth-order valence-electron chi connectivity index (χ4n) is 1.69. The number of aromatic nitrogens is 5. The summed E-state index contributed by atoms with van der Waals surface area (Å²) in [5.74, 6) is 2.59. The predicted molar refractivity (Wildman–Crippen MR) is 75.7 cm³/mol. The van der Waals surface area contributed by atoms with Crippen molar-refractivity contribution in [3.63, 3.8) is 0 Å². The van der Waals surface area contributed by atoms with Gasteiger partial charge in [-0.15, -0.1) is 0 Å². The zero-order valence-electron chi connectivity index (χ0n) is 11.9. The van der Waals surface area contributed by atoms with Gasteiger partial charge in [0, 0.05) is 13.6 Å². The van der Waals surface area contributed by atoms with Gasteiger partial charge < -0.3 is 15.4 Å². The molecule has 2 N–H and O–H groups in total. The van der Waals surface area contributed by atoms with Crippen LogP contribution in [0.15, 0.2) is 12.7 Å². The van der Waals surface area contributed by atoms with Crippen LogP contribution >= 0.6 is 0 Å². The SMILES string of the molecule is CCCNc1ncnc(NCc2ncn(C)n2)c1OC. The molecular formula is C12H19N7O. The first kappa shape index (κ1) is 14.0. The Kier molecular flexibility index (Phi) is 4.70. The Bertz CT molecular complexity index is 554. The fourth-order valence-corrected chi connectivity index (χ4v) is 1.69. The molecule has 0 bridgehead atoms. The minimum absolute atomic E-state index is 0.474. The molecule has 8 heteroatoms. The van der Waals surface area contributed by atoms with Gasteiger partial charge in [0.25, 0.3) is 0 Å². The molecule has 0 unspecified atom stereocenters. The number of hydrogen-bond acceptors (Lipinski definition) is 7. The van der Waals surface area contributed by atoms with Gasteiger partial charge >= 0.3 is 0 Å². The maximum absolute atomic E-state index is 5.37. The lowest BCUT2D eigenvalue weighted by atomic mass is 10.4. The van der Waals surface area contributed by atoms with Crippen molar-refractivity contribution in [1.29, 1.82) is 0 Å². The van der Waals surface area contributed by atoms with Crippen LogP contribution in [0.5, 0.6) is 5.75 Å². The molecular weight excluding hydrogens is 258 g/mol. The Morgan fingerprint density at radius 2 is 1.95 bits per heavy atom. The fraction of sp³-hybridized carbons (Fsp3) is 0.500. The van der Waals surface area contributed by atoms with E-state index >= 15 is 0 Å². The molecule has 0 saturated heterocycles. The van der Waals surface area contributed by atoms with E-state index in [2.05, 4.69) is 37.6 Å². The van der Waals surface area contributed by atoms with Crippen molar-refractivity contribution in [2.45, 2.75) is 19.9 Å². The van der Waals surface area contributed by atoms with E-state index in [0.29, 0.717) is 29.8 Å². The molecule has 0 fully saturated rings. The lowest BCUT2D eigenvalue weighted by molar-refractivity contribution is 0.414. The molecule has 0 atom stereocenters. The minimum atomic E-state index is 0.474. The number of rotatable bonds is 7. The summed E-state index contributed by atoms with van der Waals surface area (Å²) in [5.41, 5.74) is 0. The maximum Gasteiger partial charge on any atom is 0.204 e. The van der Waals surface area contributed by atoms with Gasteiger partial charge in [0.15, 0.2) is 17.5 Å². The third-order valence-corrected chi connectivity index (χ3v) is 2.61. The van der Waals surface area contributed by atoms with Crippen LogP contribution in [0.2, 0.25) is 0 Å². The van der Waals surface area contributed by atoms with Gasteiger partial charge in [-0.05, 0) is 6.42 Å². The Labute approximate surface area is 117 Å². The predicted octanol–water partition coefficient (Wildman–Crippen LogP) is 1.05. The molecule has 0 amide bonds. The Morgan fingerprint density at radius 3 is 2.55 bits per heavy atom. The number of nitrogens with one attached hydrogen (secondary N) is 2. The van der Waals surface area contributed by atoms with Crippen LogP contribution in [-0.4, -0.2) is 38.4 Å². The smallest absolute Gasteiger partial charge is 0.204 e. The normalized spacial score (nSPS) is 10.3. The Morgan fingerprint density at radius 1 is 1.20 bits per heavy atom. The Hall–Kier alpha value is -2.38. The van der Waals surface area contributed by atoms with Crippen molar-refractivity contribution in [1.82, 2.24) is 24.7 Å². The van der Waals surface area contributed by atoms with Crippen molar-refractivity contribution < 1.29 is 4.74 Å². The first-order chi connectivity index (χ1) is 9.74. The van der Waals surface area contributed by atoms with Crippen molar-refractivity contribution in [3.05, 3.63) is 18.5 Å². The van der Waals surface area contributed by atoms with Crippen LogP contribution in [-0.2, 0) is 13.6 Å². The number of hydrogen-bond donors (Lipinski definition) is 2. The van der Waals surface area contributed by atoms with Crippen LogP contribution in [0.4, 0.5) is 11.6 Å². The number of aryl methyl sites for hydroxylation is 1. The van der Waals surface area contributed by atoms with Crippen LogP contribution < -0.4 is 15.4 Å². The highest BCUT2D eigenvalue weighted by Gasteiger charge is 2.12. The van der Waals surface area contributed by atoms with Gasteiger partial charge in [0.1, 0.15) is 12.7 Å². The molecule has 0 aliphatic heterocycles. The topological polar surface area (TPSA) is 89.8 Å². The van der Waals surface area contributed by atoms with E-state index in [1.165, 1.54) is 6.33 Å². The number of methoxy groups -OCH3 is 1. The lowest BCUT2D eigenvalue weighted by Gasteiger charge is -2.13. The molecule has 0 aliphatic rings. The second-order valence-corrected chi connectivity index (χ2v) is 4.22. The van der Waals surface area contributed by atoms with Crippen LogP contribution in [0, 0.1) is 0 Å². The molecule has 0 spiro atoms. The highest BCUT2D eigenvalue weighted by atomic mass is 16.5. The summed E-state index contributed by atoms with van der Waals surface area (Å²) < 4.78 is 7.03. The molecule has 8 nitrogen and oxygen atoms in total. The molecule has 108 valence electrons. The van der Waals surface area contributed by atoms with Crippen LogP contribution in [0.3, 0.4) is 0 Å². The summed E-state index contributed by atoms with van der Waals surface area (Å²) in [7, 11) is 3.43. The molecule has 0 radical (unpaired) electrons. The van der Waals surface area contributed by atoms with Crippen LogP contribution in [0.25, 0.3) is 0 Å². The molecule has 2 rings (SSSR count). The molecule has 2 heterocycles. The second kappa shape index (κ2) is 6.69. The van der Waals surface area contributed by atoms with E-state index in [-0.39, 0.29) is 0 Å². The molecule has 2 aromatic heterocycles. The highest BCUT2D eigenvalue weighted by Crippen LogP contribution is 2.28. The summed E-state index contributed by atoms with van der Waals surface area (Å²) in [4.78, 5) is 12.5. The summed E-state index contributed by atoms with van der Waals surface area (Å²) >= 11 is 0. The second-order valence-electron chi connectivity index (χ2n) is 4.22. The van der Waals surface area contributed by atoms with Gasteiger partial charge in [0.05, 0.1) is 13.7 Å². The van der Waals surface area contributed by atoms with Gasteiger partial charge in [-0.2, -0.15) is 5.10 Å².